The van der Waals surface area contributed by atoms with Crippen LogP contribution in [0.1, 0.15) is 11.1 Å². The van der Waals surface area contributed by atoms with Gasteiger partial charge in [-0.2, -0.15) is 0 Å². The monoisotopic (exact) mass is 293 g/mol. The van der Waals surface area contributed by atoms with E-state index in [2.05, 4.69) is 6.07 Å². The standard InChI is InChI=1S/C18H15NO3/c20-18(19-10-9-14-3-1-2-4-15(14)19)8-6-13-5-7-16-17(11-13)22-12-21-16/h1-8,11H,9-10,12H2/b8-6+. The van der Waals surface area contributed by atoms with E-state index in [9.17, 15) is 4.79 Å². The van der Waals surface area contributed by atoms with Gasteiger partial charge in [0, 0.05) is 18.3 Å². The van der Waals surface area contributed by atoms with Crippen molar-refractivity contribution in [2.45, 2.75) is 6.42 Å². The Morgan fingerprint density at radius 1 is 1.09 bits per heavy atom. The summed E-state index contributed by atoms with van der Waals surface area (Å²) in [7, 11) is 0. The molecule has 0 atom stereocenters. The van der Waals surface area contributed by atoms with Crippen molar-refractivity contribution in [1.29, 1.82) is 0 Å². The smallest absolute Gasteiger partial charge is 0.251 e. The lowest BCUT2D eigenvalue weighted by atomic mass is 10.1. The third-order valence-electron chi connectivity index (χ3n) is 3.97. The van der Waals surface area contributed by atoms with Gasteiger partial charge < -0.3 is 14.4 Å². The molecule has 0 radical (unpaired) electrons. The van der Waals surface area contributed by atoms with Crippen molar-refractivity contribution in [2.24, 2.45) is 0 Å². The molecule has 0 spiro atoms. The summed E-state index contributed by atoms with van der Waals surface area (Å²) in [6.45, 7) is 0.996. The Morgan fingerprint density at radius 2 is 1.95 bits per heavy atom. The summed E-state index contributed by atoms with van der Waals surface area (Å²) >= 11 is 0. The Morgan fingerprint density at radius 3 is 2.91 bits per heavy atom. The van der Waals surface area contributed by atoms with Crippen LogP contribution in [0, 0.1) is 0 Å². The fraction of sp³-hybridized carbons (Fsp3) is 0.167. The Balaban J connectivity index is 1.53. The number of para-hydroxylation sites is 1. The third kappa shape index (κ3) is 2.22. The number of nitrogens with zero attached hydrogens (tertiary/aromatic N) is 1. The van der Waals surface area contributed by atoms with Crippen molar-refractivity contribution in [3.8, 4) is 11.5 Å². The predicted octanol–water partition coefficient (Wildman–Crippen LogP) is 3.02. The maximum Gasteiger partial charge on any atom is 0.251 e. The molecule has 2 aromatic carbocycles. The molecule has 2 aliphatic rings. The number of hydrogen-bond acceptors (Lipinski definition) is 3. The predicted molar refractivity (Wildman–Crippen MR) is 84.1 cm³/mol. The molecule has 22 heavy (non-hydrogen) atoms. The lowest BCUT2D eigenvalue weighted by Gasteiger charge is -2.14. The van der Waals surface area contributed by atoms with Crippen LogP contribution >= 0.6 is 0 Å². The highest BCUT2D eigenvalue weighted by Gasteiger charge is 2.22. The van der Waals surface area contributed by atoms with E-state index in [0.29, 0.717) is 0 Å². The number of benzene rings is 2. The van der Waals surface area contributed by atoms with Gasteiger partial charge in [0.1, 0.15) is 0 Å². The minimum absolute atomic E-state index is 0.00242. The Kier molecular flexibility index (Phi) is 3.07. The van der Waals surface area contributed by atoms with Crippen molar-refractivity contribution in [3.63, 3.8) is 0 Å². The highest BCUT2D eigenvalue weighted by Crippen LogP contribution is 2.33. The van der Waals surface area contributed by atoms with Crippen molar-refractivity contribution in [3.05, 3.63) is 59.7 Å². The normalized spacial score (nSPS) is 15.4. The Labute approximate surface area is 128 Å². The molecule has 0 saturated heterocycles. The lowest BCUT2D eigenvalue weighted by molar-refractivity contribution is -0.114. The van der Waals surface area contributed by atoms with E-state index < -0.39 is 0 Å². The zero-order chi connectivity index (χ0) is 14.9. The highest BCUT2D eigenvalue weighted by atomic mass is 16.7. The average Bonchev–Trinajstić information content (AvgIpc) is 3.18. The maximum absolute atomic E-state index is 12.4. The summed E-state index contributed by atoms with van der Waals surface area (Å²) in [4.78, 5) is 14.2. The van der Waals surface area contributed by atoms with E-state index in [1.165, 1.54) is 5.56 Å². The van der Waals surface area contributed by atoms with Crippen LogP contribution in [0.2, 0.25) is 0 Å². The first kappa shape index (κ1) is 13.0. The first-order valence-corrected chi connectivity index (χ1v) is 7.28. The van der Waals surface area contributed by atoms with Gasteiger partial charge in [0.05, 0.1) is 0 Å². The number of ether oxygens (including phenoxy) is 2. The molecule has 0 unspecified atom stereocenters. The molecule has 0 bridgehead atoms. The van der Waals surface area contributed by atoms with Gasteiger partial charge in [0.25, 0.3) is 5.91 Å². The van der Waals surface area contributed by atoms with Gasteiger partial charge in [0.2, 0.25) is 6.79 Å². The van der Waals surface area contributed by atoms with Crippen molar-refractivity contribution in [1.82, 2.24) is 0 Å². The molecule has 2 aliphatic heterocycles. The molecule has 0 saturated carbocycles. The van der Waals surface area contributed by atoms with Crippen LogP contribution < -0.4 is 14.4 Å². The average molecular weight is 293 g/mol. The van der Waals surface area contributed by atoms with Gasteiger partial charge in [-0.25, -0.2) is 0 Å². The van der Waals surface area contributed by atoms with E-state index in [1.807, 2.05) is 47.4 Å². The number of carbonyl (C=O) groups excluding carboxylic acids is 1. The number of carbonyl (C=O) groups is 1. The molecule has 0 aromatic heterocycles. The lowest BCUT2D eigenvalue weighted by Crippen LogP contribution is -2.26. The summed E-state index contributed by atoms with van der Waals surface area (Å²) in [6.07, 6.45) is 4.34. The quantitative estimate of drug-likeness (QED) is 0.799. The van der Waals surface area contributed by atoms with Crippen molar-refractivity contribution in [2.75, 3.05) is 18.2 Å². The minimum Gasteiger partial charge on any atom is -0.454 e. The Hall–Kier alpha value is -2.75. The summed E-state index contributed by atoms with van der Waals surface area (Å²) in [5, 5.41) is 0. The molecule has 4 heteroatoms. The molecule has 0 fully saturated rings. The number of fused-ring (bicyclic) bond motifs is 2. The van der Waals surface area contributed by atoms with E-state index in [-0.39, 0.29) is 12.7 Å². The molecule has 0 aliphatic carbocycles. The molecule has 110 valence electrons. The number of anilines is 1. The molecule has 2 heterocycles. The molecule has 1 amide bonds. The topological polar surface area (TPSA) is 38.8 Å². The number of amides is 1. The van der Waals surface area contributed by atoms with Crippen LogP contribution in [0.15, 0.2) is 48.5 Å². The van der Waals surface area contributed by atoms with E-state index in [1.54, 1.807) is 6.08 Å². The number of hydrogen-bond donors (Lipinski definition) is 0. The van der Waals surface area contributed by atoms with Crippen molar-refractivity contribution < 1.29 is 14.3 Å². The summed E-state index contributed by atoms with van der Waals surface area (Å²) in [6, 6.07) is 13.7. The summed E-state index contributed by atoms with van der Waals surface area (Å²) in [5.74, 6) is 1.47. The van der Waals surface area contributed by atoms with Crippen LogP contribution in [-0.4, -0.2) is 19.2 Å². The fourth-order valence-corrected chi connectivity index (χ4v) is 2.84. The third-order valence-corrected chi connectivity index (χ3v) is 3.97. The number of rotatable bonds is 2. The second-order valence-electron chi connectivity index (χ2n) is 5.31. The van der Waals surface area contributed by atoms with Gasteiger partial charge in [-0.1, -0.05) is 24.3 Å². The Bertz CT molecular complexity index is 767. The zero-order valence-electron chi connectivity index (χ0n) is 12.0. The summed E-state index contributed by atoms with van der Waals surface area (Å²) in [5.41, 5.74) is 3.17. The van der Waals surface area contributed by atoms with E-state index in [4.69, 9.17) is 9.47 Å². The first-order valence-electron chi connectivity index (χ1n) is 7.28. The van der Waals surface area contributed by atoms with Gasteiger partial charge in [-0.05, 0) is 41.8 Å². The molecule has 4 rings (SSSR count). The van der Waals surface area contributed by atoms with Gasteiger partial charge in [0.15, 0.2) is 11.5 Å². The minimum atomic E-state index is 0.00242. The van der Waals surface area contributed by atoms with Crippen molar-refractivity contribution >= 4 is 17.7 Å². The van der Waals surface area contributed by atoms with Gasteiger partial charge >= 0.3 is 0 Å². The van der Waals surface area contributed by atoms with E-state index in [0.717, 1.165) is 35.7 Å². The van der Waals surface area contributed by atoms with Crippen LogP contribution in [0.25, 0.3) is 6.08 Å². The van der Waals surface area contributed by atoms with Crippen LogP contribution in [-0.2, 0) is 11.2 Å². The van der Waals surface area contributed by atoms with Gasteiger partial charge in [-0.3, -0.25) is 4.79 Å². The largest absolute Gasteiger partial charge is 0.454 e. The first-order chi connectivity index (χ1) is 10.8. The highest BCUT2D eigenvalue weighted by molar-refractivity contribution is 6.05. The molecule has 2 aromatic rings. The zero-order valence-corrected chi connectivity index (χ0v) is 12.0. The van der Waals surface area contributed by atoms with Crippen LogP contribution in [0.5, 0.6) is 11.5 Å². The second kappa shape index (κ2) is 5.22. The fourth-order valence-electron chi connectivity index (χ4n) is 2.84. The van der Waals surface area contributed by atoms with Gasteiger partial charge in [-0.15, -0.1) is 0 Å². The molecule has 0 N–H and O–H groups in total. The molecular formula is C18H15NO3. The van der Waals surface area contributed by atoms with Crippen LogP contribution in [0.4, 0.5) is 5.69 Å². The van der Waals surface area contributed by atoms with E-state index >= 15 is 0 Å². The second-order valence-corrected chi connectivity index (χ2v) is 5.31. The van der Waals surface area contributed by atoms with Crippen LogP contribution in [0.3, 0.4) is 0 Å². The SMILES string of the molecule is O=C(/C=C/c1ccc2c(c1)OCO2)N1CCc2ccccc21. The maximum atomic E-state index is 12.4. The molecule has 4 nitrogen and oxygen atoms in total. The molecular weight excluding hydrogens is 278 g/mol. The summed E-state index contributed by atoms with van der Waals surface area (Å²) < 4.78 is 10.6.